The van der Waals surface area contributed by atoms with E-state index in [4.69, 9.17) is 0 Å². The third kappa shape index (κ3) is 4.86. The van der Waals surface area contributed by atoms with E-state index >= 15 is 0 Å². The van der Waals surface area contributed by atoms with Crippen molar-refractivity contribution in [3.63, 3.8) is 0 Å². The van der Waals surface area contributed by atoms with Gasteiger partial charge in [-0.1, -0.05) is 158 Å². The Labute approximate surface area is 284 Å². The van der Waals surface area contributed by atoms with Gasteiger partial charge in [0.2, 0.25) is 0 Å². The van der Waals surface area contributed by atoms with Crippen LogP contribution < -0.4 is 4.90 Å². The van der Waals surface area contributed by atoms with E-state index in [-0.39, 0.29) is 0 Å². The van der Waals surface area contributed by atoms with Gasteiger partial charge in [-0.15, -0.1) is 11.3 Å². The van der Waals surface area contributed by atoms with Crippen LogP contribution in [0.25, 0.3) is 64.3 Å². The molecule has 0 aliphatic heterocycles. The van der Waals surface area contributed by atoms with Crippen LogP contribution in [0.4, 0.5) is 17.1 Å². The summed E-state index contributed by atoms with van der Waals surface area (Å²) in [5.41, 5.74) is 10.7. The third-order valence-corrected chi connectivity index (χ3v) is 10.5. The highest BCUT2D eigenvalue weighted by Gasteiger charge is 2.25. The molecule has 9 aromatic rings. The Morgan fingerprint density at radius 2 is 0.750 bits per heavy atom. The van der Waals surface area contributed by atoms with Crippen LogP contribution in [-0.4, -0.2) is 0 Å². The van der Waals surface area contributed by atoms with E-state index < -0.39 is 0 Å². The molecule has 0 amide bonds. The number of hydrogen-bond acceptors (Lipinski definition) is 2. The van der Waals surface area contributed by atoms with Crippen molar-refractivity contribution < 1.29 is 0 Å². The smallest absolute Gasteiger partial charge is 0.0625 e. The van der Waals surface area contributed by atoms with Crippen molar-refractivity contribution in [2.75, 3.05) is 4.90 Å². The summed E-state index contributed by atoms with van der Waals surface area (Å²) in [5.74, 6) is 0. The number of thiophene rings is 1. The zero-order valence-corrected chi connectivity index (χ0v) is 27.1. The van der Waals surface area contributed by atoms with Gasteiger partial charge in [0, 0.05) is 47.9 Å². The molecule has 0 atom stereocenters. The fourth-order valence-corrected chi connectivity index (χ4v) is 8.27. The second-order valence-corrected chi connectivity index (χ2v) is 13.2. The summed E-state index contributed by atoms with van der Waals surface area (Å²) in [4.78, 5) is 2.47. The maximum Gasteiger partial charge on any atom is 0.0625 e. The van der Waals surface area contributed by atoms with Crippen LogP contribution in [0, 0.1) is 0 Å². The molecular formula is C46H31NS. The monoisotopic (exact) mass is 629 g/mol. The Kier molecular flexibility index (Phi) is 7.07. The summed E-state index contributed by atoms with van der Waals surface area (Å²) in [6.45, 7) is 0. The second-order valence-electron chi connectivity index (χ2n) is 12.1. The average molecular weight is 630 g/mol. The molecule has 0 saturated carbocycles. The van der Waals surface area contributed by atoms with Crippen molar-refractivity contribution in [3.8, 4) is 33.4 Å². The molecule has 1 aromatic heterocycles. The first kappa shape index (κ1) is 28.3. The minimum atomic E-state index is 1.11. The second kappa shape index (κ2) is 12.0. The molecule has 1 nitrogen and oxygen atoms in total. The van der Waals surface area contributed by atoms with Gasteiger partial charge in [0.1, 0.15) is 0 Å². The van der Waals surface area contributed by atoms with Gasteiger partial charge in [-0.05, 0) is 58.1 Å². The normalized spacial score (nSPS) is 11.3. The highest BCUT2D eigenvalue weighted by atomic mass is 32.1. The van der Waals surface area contributed by atoms with Crippen LogP contribution in [0.1, 0.15) is 0 Å². The molecule has 48 heavy (non-hydrogen) atoms. The fourth-order valence-electron chi connectivity index (χ4n) is 7.02. The molecule has 0 aliphatic rings. The van der Waals surface area contributed by atoms with Crippen LogP contribution in [0.2, 0.25) is 0 Å². The first-order valence-electron chi connectivity index (χ1n) is 16.4. The Bertz CT molecular complexity index is 2430. The lowest BCUT2D eigenvalue weighted by molar-refractivity contribution is 1.30. The number of benzene rings is 8. The Balaban J connectivity index is 1.37. The molecule has 0 aliphatic carbocycles. The van der Waals surface area contributed by atoms with Gasteiger partial charge >= 0.3 is 0 Å². The van der Waals surface area contributed by atoms with E-state index in [1.807, 2.05) is 11.3 Å². The van der Waals surface area contributed by atoms with Crippen molar-refractivity contribution in [2.24, 2.45) is 0 Å². The van der Waals surface area contributed by atoms with Crippen LogP contribution in [0.3, 0.4) is 0 Å². The minimum Gasteiger partial charge on any atom is -0.309 e. The lowest BCUT2D eigenvalue weighted by atomic mass is 9.91. The molecular weight excluding hydrogens is 599 g/mol. The van der Waals surface area contributed by atoms with Gasteiger partial charge in [0.25, 0.3) is 0 Å². The topological polar surface area (TPSA) is 3.24 Å². The Morgan fingerprint density at radius 3 is 1.29 bits per heavy atom. The zero-order chi connectivity index (χ0) is 31.9. The van der Waals surface area contributed by atoms with E-state index in [9.17, 15) is 0 Å². The Morgan fingerprint density at radius 1 is 0.333 bits per heavy atom. The van der Waals surface area contributed by atoms with Gasteiger partial charge in [0.15, 0.2) is 0 Å². The summed E-state index contributed by atoms with van der Waals surface area (Å²) in [5, 5.41) is 5.11. The molecule has 1 heterocycles. The largest absolute Gasteiger partial charge is 0.309 e. The standard InChI is InChI=1S/C46H31NS/c1-4-14-32(15-5-1)34-24-28-37(29-25-34)47(38-30-26-35(27-31-38)33-16-6-2-7-17-33)45-39-20-10-11-21-40(39)46-44(41-22-12-13-23-42(41)48-46)43(45)36-18-8-3-9-19-36/h1-31H. The maximum absolute atomic E-state index is 2.47. The molecule has 0 radical (unpaired) electrons. The molecule has 0 N–H and O–H groups in total. The summed E-state index contributed by atoms with van der Waals surface area (Å²) >= 11 is 1.89. The quantitative estimate of drug-likeness (QED) is 0.177. The predicted octanol–water partition coefficient (Wildman–Crippen LogP) is 13.7. The minimum absolute atomic E-state index is 1.11. The highest BCUT2D eigenvalue weighted by Crippen LogP contribution is 2.53. The van der Waals surface area contributed by atoms with Gasteiger partial charge in [-0.2, -0.15) is 0 Å². The summed E-state index contributed by atoms with van der Waals surface area (Å²) in [6.07, 6.45) is 0. The van der Waals surface area contributed by atoms with Crippen LogP contribution >= 0.6 is 11.3 Å². The summed E-state index contributed by atoms with van der Waals surface area (Å²) in [6, 6.07) is 68.0. The fraction of sp³-hybridized carbons (Fsp3) is 0. The predicted molar refractivity (Wildman–Crippen MR) is 208 cm³/mol. The number of anilines is 3. The first-order chi connectivity index (χ1) is 23.8. The van der Waals surface area contributed by atoms with Crippen LogP contribution in [0.15, 0.2) is 188 Å². The van der Waals surface area contributed by atoms with Crippen LogP contribution in [0.5, 0.6) is 0 Å². The van der Waals surface area contributed by atoms with Gasteiger partial charge in [-0.3, -0.25) is 0 Å². The molecule has 0 saturated heterocycles. The van der Waals surface area contributed by atoms with E-state index in [0.29, 0.717) is 0 Å². The van der Waals surface area contributed by atoms with E-state index in [1.165, 1.54) is 70.0 Å². The Hall–Kier alpha value is -5.96. The molecule has 0 fully saturated rings. The molecule has 9 rings (SSSR count). The van der Waals surface area contributed by atoms with Crippen molar-refractivity contribution in [1.29, 1.82) is 0 Å². The van der Waals surface area contributed by atoms with E-state index in [2.05, 4.69) is 193 Å². The number of rotatable bonds is 6. The molecule has 8 aromatic carbocycles. The molecule has 2 heteroatoms. The average Bonchev–Trinajstić information content (AvgIpc) is 3.56. The third-order valence-electron chi connectivity index (χ3n) is 9.26. The van der Waals surface area contributed by atoms with Crippen LogP contribution in [-0.2, 0) is 0 Å². The van der Waals surface area contributed by atoms with E-state index in [1.54, 1.807) is 0 Å². The summed E-state index contributed by atoms with van der Waals surface area (Å²) < 4.78 is 2.63. The zero-order valence-electron chi connectivity index (χ0n) is 26.3. The lowest BCUT2D eigenvalue weighted by Crippen LogP contribution is -2.12. The molecule has 0 unspecified atom stereocenters. The van der Waals surface area contributed by atoms with Gasteiger partial charge < -0.3 is 4.90 Å². The van der Waals surface area contributed by atoms with E-state index in [0.717, 1.165) is 11.4 Å². The number of hydrogen-bond donors (Lipinski definition) is 0. The van der Waals surface area contributed by atoms with Gasteiger partial charge in [-0.25, -0.2) is 0 Å². The number of fused-ring (bicyclic) bond motifs is 5. The van der Waals surface area contributed by atoms with Crippen molar-refractivity contribution in [3.05, 3.63) is 188 Å². The lowest BCUT2D eigenvalue weighted by Gasteiger charge is -2.30. The molecule has 226 valence electrons. The van der Waals surface area contributed by atoms with Crippen molar-refractivity contribution in [1.82, 2.24) is 0 Å². The van der Waals surface area contributed by atoms with Crippen molar-refractivity contribution in [2.45, 2.75) is 0 Å². The first-order valence-corrected chi connectivity index (χ1v) is 17.2. The number of nitrogens with zero attached hydrogens (tertiary/aromatic N) is 1. The highest BCUT2D eigenvalue weighted by molar-refractivity contribution is 7.26. The van der Waals surface area contributed by atoms with Gasteiger partial charge in [0.05, 0.1) is 5.69 Å². The summed E-state index contributed by atoms with van der Waals surface area (Å²) in [7, 11) is 0. The molecule has 0 spiro atoms. The molecule has 0 bridgehead atoms. The van der Waals surface area contributed by atoms with Crippen molar-refractivity contribution >= 4 is 59.3 Å². The maximum atomic E-state index is 2.47. The SMILES string of the molecule is c1ccc(-c2ccc(N(c3ccc(-c4ccccc4)cc3)c3c(-c4ccccc4)c4c5ccccc5sc4c4ccccc34)cc2)cc1.